The predicted octanol–water partition coefficient (Wildman–Crippen LogP) is 3.46. The monoisotopic (exact) mass is 436 g/mol. The van der Waals surface area contributed by atoms with Crippen molar-refractivity contribution in [1.29, 1.82) is 0 Å². The summed E-state index contributed by atoms with van der Waals surface area (Å²) in [6.45, 7) is 9.57. The van der Waals surface area contributed by atoms with Gasteiger partial charge in [-0.15, -0.1) is 0 Å². The van der Waals surface area contributed by atoms with Crippen LogP contribution in [0.5, 0.6) is 11.5 Å². The van der Waals surface area contributed by atoms with Gasteiger partial charge in [-0.05, 0) is 30.1 Å². The fourth-order valence-electron chi connectivity index (χ4n) is 3.15. The summed E-state index contributed by atoms with van der Waals surface area (Å²) in [4.78, 5) is 24.1. The van der Waals surface area contributed by atoms with Crippen LogP contribution in [0.15, 0.2) is 43.5 Å². The third-order valence-corrected chi connectivity index (χ3v) is 5.46. The molecule has 0 aliphatic heterocycles. The molecule has 0 fully saturated rings. The average Bonchev–Trinajstić information content (AvgIpc) is 2.70. The van der Waals surface area contributed by atoms with Crippen LogP contribution in [-0.2, 0) is 20.3 Å². The summed E-state index contributed by atoms with van der Waals surface area (Å²) in [6, 6.07) is 0. The zero-order valence-electron chi connectivity index (χ0n) is 18.6. The molecular formula is C23H32O8. The molecule has 8 heteroatoms. The van der Waals surface area contributed by atoms with Crippen molar-refractivity contribution in [1.82, 2.24) is 0 Å². The Morgan fingerprint density at radius 3 is 1.48 bits per heavy atom. The Hall–Kier alpha value is -2.58. The van der Waals surface area contributed by atoms with Crippen LogP contribution in [-0.4, -0.2) is 36.6 Å². The molecule has 8 nitrogen and oxygen atoms in total. The molecule has 0 unspecified atom stereocenters. The van der Waals surface area contributed by atoms with Crippen molar-refractivity contribution < 1.29 is 28.5 Å². The number of hydrogen-bond donors (Lipinski definition) is 2. The highest BCUT2D eigenvalue weighted by Gasteiger charge is 2.26. The van der Waals surface area contributed by atoms with Gasteiger partial charge in [0, 0.05) is 37.6 Å². The molecular weight excluding hydrogens is 404 g/mol. The summed E-state index contributed by atoms with van der Waals surface area (Å²) in [5.74, 6) is -0.784. The first-order chi connectivity index (χ1) is 14.6. The second-order valence-electron chi connectivity index (χ2n) is 8.85. The third kappa shape index (κ3) is 6.70. The van der Waals surface area contributed by atoms with Crippen LogP contribution in [0.1, 0.15) is 58.1 Å². The second-order valence-corrected chi connectivity index (χ2v) is 8.85. The first-order valence-electron chi connectivity index (χ1n) is 10.3. The molecule has 0 bridgehead atoms. The van der Waals surface area contributed by atoms with E-state index in [1.54, 1.807) is 0 Å². The highest BCUT2D eigenvalue weighted by Crippen LogP contribution is 2.26. The Kier molecular flexibility index (Phi) is 8.47. The number of hydrogen-bond acceptors (Lipinski definition) is 8. The maximum atomic E-state index is 12.0. The predicted molar refractivity (Wildman–Crippen MR) is 115 cm³/mol. The molecule has 0 aliphatic rings. The van der Waals surface area contributed by atoms with Gasteiger partial charge in [0.05, 0.1) is 12.5 Å². The lowest BCUT2D eigenvalue weighted by molar-refractivity contribution is 0.0705. The molecule has 2 aromatic heterocycles. The second kappa shape index (κ2) is 10.6. The minimum atomic E-state index is -0.486. The van der Waals surface area contributed by atoms with Crippen molar-refractivity contribution in [2.75, 3.05) is 26.4 Å². The molecule has 2 N–H and O–H groups in total. The Bertz CT molecular complexity index is 877. The Balaban J connectivity index is 1.64. The molecule has 172 valence electrons. The molecule has 0 atom stereocenters. The topological polar surface area (TPSA) is 119 Å². The van der Waals surface area contributed by atoms with Crippen LogP contribution < -0.4 is 10.9 Å². The third-order valence-electron chi connectivity index (χ3n) is 5.46. The summed E-state index contributed by atoms with van der Waals surface area (Å²) in [6.07, 6.45) is 6.71. The molecule has 2 aromatic rings. The minimum absolute atomic E-state index is 0.392. The van der Waals surface area contributed by atoms with Gasteiger partial charge in [0.25, 0.3) is 0 Å². The minimum Gasteiger partial charge on any atom is -0.502 e. The van der Waals surface area contributed by atoms with E-state index >= 15 is 0 Å². The lowest BCUT2D eigenvalue weighted by atomic mass is 9.83. The summed E-state index contributed by atoms with van der Waals surface area (Å²) in [7, 11) is 0. The van der Waals surface area contributed by atoms with Gasteiger partial charge in [-0.3, -0.25) is 9.59 Å². The van der Waals surface area contributed by atoms with Gasteiger partial charge < -0.3 is 28.5 Å². The van der Waals surface area contributed by atoms with Crippen molar-refractivity contribution in [2.24, 2.45) is 0 Å². The molecule has 0 spiro atoms. The van der Waals surface area contributed by atoms with E-state index in [4.69, 9.17) is 18.3 Å². The van der Waals surface area contributed by atoms with Crippen LogP contribution >= 0.6 is 0 Å². The van der Waals surface area contributed by atoms with Crippen LogP contribution in [0, 0.1) is 0 Å². The molecule has 2 rings (SSSR count). The zero-order chi connectivity index (χ0) is 23.1. The van der Waals surface area contributed by atoms with Crippen molar-refractivity contribution in [3.63, 3.8) is 0 Å². The smallest absolute Gasteiger partial charge is 0.230 e. The molecule has 0 amide bonds. The SMILES string of the molecule is CC(C)(CCOCCCOCCC(C)(C)c1cocc(O)c1=O)c1cocc(O)c1=O. The van der Waals surface area contributed by atoms with E-state index in [1.807, 2.05) is 27.7 Å². The van der Waals surface area contributed by atoms with E-state index in [0.717, 1.165) is 12.5 Å². The van der Waals surface area contributed by atoms with Crippen molar-refractivity contribution in [3.05, 3.63) is 56.6 Å². The average molecular weight is 437 g/mol. The van der Waals surface area contributed by atoms with Gasteiger partial charge in [-0.25, -0.2) is 0 Å². The largest absolute Gasteiger partial charge is 0.502 e. The highest BCUT2D eigenvalue weighted by molar-refractivity contribution is 5.27. The van der Waals surface area contributed by atoms with Crippen molar-refractivity contribution >= 4 is 0 Å². The normalized spacial score (nSPS) is 12.3. The maximum Gasteiger partial charge on any atom is 0.230 e. The van der Waals surface area contributed by atoms with Gasteiger partial charge in [-0.1, -0.05) is 27.7 Å². The van der Waals surface area contributed by atoms with Gasteiger partial charge in [-0.2, -0.15) is 0 Å². The van der Waals surface area contributed by atoms with Crippen LogP contribution in [0.25, 0.3) is 0 Å². The van der Waals surface area contributed by atoms with Crippen LogP contribution in [0.4, 0.5) is 0 Å². The van der Waals surface area contributed by atoms with E-state index in [2.05, 4.69) is 0 Å². The Morgan fingerprint density at radius 1 is 0.710 bits per heavy atom. The fourth-order valence-corrected chi connectivity index (χ4v) is 3.15. The molecule has 0 aliphatic carbocycles. The van der Waals surface area contributed by atoms with E-state index in [9.17, 15) is 19.8 Å². The number of aromatic hydroxyl groups is 2. The molecule has 31 heavy (non-hydrogen) atoms. The fraction of sp³-hybridized carbons (Fsp3) is 0.565. The van der Waals surface area contributed by atoms with Crippen molar-refractivity contribution in [2.45, 2.75) is 57.8 Å². The van der Waals surface area contributed by atoms with E-state index in [-0.39, 0.29) is 0 Å². The molecule has 2 heterocycles. The van der Waals surface area contributed by atoms with Gasteiger partial charge in [0.2, 0.25) is 10.9 Å². The molecule has 0 aromatic carbocycles. The highest BCUT2D eigenvalue weighted by atomic mass is 16.5. The summed E-state index contributed by atoms with van der Waals surface area (Å²) in [5, 5.41) is 19.1. The lowest BCUT2D eigenvalue weighted by Gasteiger charge is -2.24. The lowest BCUT2D eigenvalue weighted by Crippen LogP contribution is -2.27. The standard InChI is InChI=1S/C23H32O8/c1-22(2,16-12-30-14-18(24)20(16)26)6-10-28-8-5-9-29-11-7-23(3,4)17-13-31-15-19(25)21(17)27/h12-15,24-25H,5-11H2,1-4H3. The van der Waals surface area contributed by atoms with Crippen molar-refractivity contribution in [3.8, 4) is 11.5 Å². The number of rotatable bonds is 12. The summed E-state index contributed by atoms with van der Waals surface area (Å²) in [5.41, 5.74) is -0.974. The molecule has 0 saturated heterocycles. The van der Waals surface area contributed by atoms with Gasteiger partial charge in [0.15, 0.2) is 11.5 Å². The quantitative estimate of drug-likeness (QED) is 0.486. The number of ether oxygens (including phenoxy) is 2. The Labute approximate surface area is 181 Å². The van der Waals surface area contributed by atoms with E-state index < -0.39 is 33.2 Å². The van der Waals surface area contributed by atoms with E-state index in [1.165, 1.54) is 12.5 Å². The van der Waals surface area contributed by atoms with E-state index in [0.29, 0.717) is 56.8 Å². The van der Waals surface area contributed by atoms with Gasteiger partial charge >= 0.3 is 0 Å². The summed E-state index contributed by atoms with van der Waals surface area (Å²) < 4.78 is 21.3. The maximum absolute atomic E-state index is 12.0. The molecule has 0 saturated carbocycles. The summed E-state index contributed by atoms with van der Waals surface area (Å²) >= 11 is 0. The molecule has 0 radical (unpaired) electrons. The zero-order valence-corrected chi connectivity index (χ0v) is 18.6. The van der Waals surface area contributed by atoms with Crippen LogP contribution in [0.2, 0.25) is 0 Å². The first kappa shape index (κ1) is 24.7. The first-order valence-corrected chi connectivity index (χ1v) is 10.3. The van der Waals surface area contributed by atoms with Gasteiger partial charge in [0.1, 0.15) is 12.5 Å². The Morgan fingerprint density at radius 2 is 1.10 bits per heavy atom. The van der Waals surface area contributed by atoms with Crippen LogP contribution in [0.3, 0.4) is 0 Å².